The summed E-state index contributed by atoms with van der Waals surface area (Å²) in [6, 6.07) is 5.56. The van der Waals surface area contributed by atoms with E-state index in [2.05, 4.69) is 47.8 Å². The standard InChI is InChI=1S/C20H24ClN3O/c1-12(8-9-22-4)13(2)10-15-11-14(3)19-23-20(25)18-16(21)6-5-7-17(18)24(15)19/h5-7,10-12,14,22H,8-9H2,1-4H3/b13-10+. The summed E-state index contributed by atoms with van der Waals surface area (Å²) in [5.41, 5.74) is 2.95. The van der Waals surface area contributed by atoms with Crippen LogP contribution in [-0.4, -0.2) is 23.1 Å². The molecule has 1 aliphatic rings. The fraction of sp³-hybridized carbons (Fsp3) is 0.400. The quantitative estimate of drug-likeness (QED) is 0.872. The van der Waals surface area contributed by atoms with E-state index in [1.807, 2.05) is 19.2 Å². The number of halogens is 1. The van der Waals surface area contributed by atoms with Gasteiger partial charge in [0.2, 0.25) is 0 Å². The molecule has 3 rings (SSSR count). The number of fused-ring (bicyclic) bond motifs is 3. The zero-order valence-corrected chi connectivity index (χ0v) is 15.9. The predicted molar refractivity (Wildman–Crippen MR) is 105 cm³/mol. The molecule has 0 radical (unpaired) electrons. The molecule has 1 aliphatic heterocycles. The van der Waals surface area contributed by atoms with Gasteiger partial charge in [0.15, 0.2) is 0 Å². The van der Waals surface area contributed by atoms with Crippen LogP contribution in [0.5, 0.6) is 0 Å². The molecular weight excluding hydrogens is 334 g/mol. The van der Waals surface area contributed by atoms with Gasteiger partial charge in [0.25, 0.3) is 5.56 Å². The summed E-state index contributed by atoms with van der Waals surface area (Å²) in [4.78, 5) is 16.7. The van der Waals surface area contributed by atoms with E-state index >= 15 is 0 Å². The molecular formula is C20H24ClN3O. The van der Waals surface area contributed by atoms with Crippen molar-refractivity contribution in [3.05, 3.63) is 57.1 Å². The monoisotopic (exact) mass is 357 g/mol. The first-order valence-corrected chi connectivity index (χ1v) is 9.08. The Hall–Kier alpha value is -1.91. The lowest BCUT2D eigenvalue weighted by Crippen LogP contribution is -2.16. The molecule has 2 unspecified atom stereocenters. The number of aromatic nitrogens is 2. The van der Waals surface area contributed by atoms with Crippen LogP contribution in [0, 0.1) is 5.92 Å². The number of hydrogen-bond acceptors (Lipinski definition) is 3. The van der Waals surface area contributed by atoms with Gasteiger partial charge in [-0.15, -0.1) is 0 Å². The second-order valence-corrected chi connectivity index (χ2v) is 7.21. The van der Waals surface area contributed by atoms with Crippen LogP contribution >= 0.6 is 11.6 Å². The van der Waals surface area contributed by atoms with E-state index in [4.69, 9.17) is 11.6 Å². The lowest BCUT2D eigenvalue weighted by Gasteiger charge is -2.15. The van der Waals surface area contributed by atoms with E-state index in [-0.39, 0.29) is 11.5 Å². The van der Waals surface area contributed by atoms with Gasteiger partial charge in [0, 0.05) is 11.6 Å². The van der Waals surface area contributed by atoms with E-state index < -0.39 is 0 Å². The van der Waals surface area contributed by atoms with E-state index in [0.29, 0.717) is 16.3 Å². The average molecular weight is 358 g/mol. The molecule has 0 amide bonds. The predicted octanol–water partition coefficient (Wildman–Crippen LogP) is 4.20. The summed E-state index contributed by atoms with van der Waals surface area (Å²) < 4.78 is 2.07. The van der Waals surface area contributed by atoms with E-state index in [0.717, 1.165) is 30.0 Å². The average Bonchev–Trinajstić information content (AvgIpc) is 2.88. The summed E-state index contributed by atoms with van der Waals surface area (Å²) in [5.74, 6) is 1.36. The van der Waals surface area contributed by atoms with Gasteiger partial charge in [-0.2, -0.15) is 4.98 Å². The van der Waals surface area contributed by atoms with Crippen LogP contribution in [0.2, 0.25) is 5.02 Å². The fourth-order valence-corrected chi connectivity index (χ4v) is 3.55. The first-order valence-electron chi connectivity index (χ1n) is 8.70. The Labute approximate surface area is 153 Å². The van der Waals surface area contributed by atoms with Gasteiger partial charge < -0.3 is 5.32 Å². The fourth-order valence-electron chi connectivity index (χ4n) is 3.30. The molecule has 132 valence electrons. The maximum Gasteiger partial charge on any atom is 0.282 e. The van der Waals surface area contributed by atoms with E-state index in [1.54, 1.807) is 6.07 Å². The summed E-state index contributed by atoms with van der Waals surface area (Å²) in [6.07, 6.45) is 5.46. The SMILES string of the molecule is CNCCC(C)/C(C)=C/C1=CC(C)c2nc(=O)c3c(Cl)cccc3n21. The second-order valence-electron chi connectivity index (χ2n) is 6.81. The number of rotatable bonds is 5. The highest BCUT2D eigenvalue weighted by atomic mass is 35.5. The summed E-state index contributed by atoms with van der Waals surface area (Å²) in [6.45, 7) is 7.46. The lowest BCUT2D eigenvalue weighted by atomic mass is 9.98. The van der Waals surface area contributed by atoms with Crippen molar-refractivity contribution in [1.82, 2.24) is 14.9 Å². The number of nitrogens with zero attached hydrogens (tertiary/aromatic N) is 2. The first kappa shape index (κ1) is 17.9. The van der Waals surface area contributed by atoms with Crippen molar-refractivity contribution in [2.45, 2.75) is 33.1 Å². The third-order valence-electron chi connectivity index (χ3n) is 4.96. The highest BCUT2D eigenvalue weighted by Crippen LogP contribution is 2.34. The largest absolute Gasteiger partial charge is 0.320 e. The third kappa shape index (κ3) is 3.29. The Morgan fingerprint density at radius 1 is 1.48 bits per heavy atom. The van der Waals surface area contributed by atoms with Crippen molar-refractivity contribution in [2.75, 3.05) is 13.6 Å². The Bertz CT molecular complexity index is 926. The van der Waals surface area contributed by atoms with Crippen LogP contribution in [0.4, 0.5) is 0 Å². The molecule has 1 aromatic carbocycles. The van der Waals surface area contributed by atoms with Gasteiger partial charge in [-0.05, 0) is 57.1 Å². The van der Waals surface area contributed by atoms with Crippen molar-refractivity contribution in [1.29, 1.82) is 0 Å². The summed E-state index contributed by atoms with van der Waals surface area (Å²) in [5, 5.41) is 4.14. The molecule has 1 aromatic heterocycles. The zero-order chi connectivity index (χ0) is 18.1. The lowest BCUT2D eigenvalue weighted by molar-refractivity contribution is 0.584. The maximum atomic E-state index is 12.4. The minimum atomic E-state index is -0.253. The number of allylic oxidation sites excluding steroid dienone is 4. The Morgan fingerprint density at radius 2 is 2.24 bits per heavy atom. The molecule has 2 aromatic rings. The van der Waals surface area contributed by atoms with Gasteiger partial charge in [-0.3, -0.25) is 9.36 Å². The molecule has 2 heterocycles. The van der Waals surface area contributed by atoms with E-state index in [1.165, 1.54) is 5.57 Å². The molecule has 0 aliphatic carbocycles. The Kier molecular flexibility index (Phi) is 5.11. The molecule has 0 saturated heterocycles. The van der Waals surface area contributed by atoms with Crippen LogP contribution in [0.1, 0.15) is 38.9 Å². The van der Waals surface area contributed by atoms with Crippen LogP contribution < -0.4 is 10.9 Å². The van der Waals surface area contributed by atoms with Gasteiger partial charge >= 0.3 is 0 Å². The highest BCUT2D eigenvalue weighted by Gasteiger charge is 2.24. The normalized spacial score (nSPS) is 18.4. The van der Waals surface area contributed by atoms with Crippen molar-refractivity contribution in [3.8, 4) is 0 Å². The van der Waals surface area contributed by atoms with Crippen molar-refractivity contribution in [3.63, 3.8) is 0 Å². The molecule has 2 atom stereocenters. The van der Waals surface area contributed by atoms with Crippen LogP contribution in [0.3, 0.4) is 0 Å². The molecule has 25 heavy (non-hydrogen) atoms. The molecule has 1 N–H and O–H groups in total. The smallest absolute Gasteiger partial charge is 0.282 e. The van der Waals surface area contributed by atoms with E-state index in [9.17, 15) is 4.79 Å². The molecule has 5 heteroatoms. The van der Waals surface area contributed by atoms with Gasteiger partial charge in [-0.25, -0.2) is 0 Å². The number of hydrogen-bond donors (Lipinski definition) is 1. The first-order chi connectivity index (χ1) is 11.9. The van der Waals surface area contributed by atoms with Crippen molar-refractivity contribution >= 4 is 28.2 Å². The highest BCUT2D eigenvalue weighted by molar-refractivity contribution is 6.35. The summed E-state index contributed by atoms with van der Waals surface area (Å²) in [7, 11) is 1.97. The summed E-state index contributed by atoms with van der Waals surface area (Å²) >= 11 is 6.27. The molecule has 4 nitrogen and oxygen atoms in total. The molecule has 0 fully saturated rings. The Morgan fingerprint density at radius 3 is 2.96 bits per heavy atom. The maximum absolute atomic E-state index is 12.4. The minimum absolute atomic E-state index is 0.0998. The topological polar surface area (TPSA) is 46.9 Å². The Balaban J connectivity index is 2.12. The van der Waals surface area contributed by atoms with Crippen molar-refractivity contribution in [2.24, 2.45) is 5.92 Å². The van der Waals surface area contributed by atoms with Gasteiger partial charge in [0.05, 0.1) is 15.9 Å². The molecule has 0 spiro atoms. The zero-order valence-electron chi connectivity index (χ0n) is 15.1. The molecule has 0 saturated carbocycles. The molecule has 0 bridgehead atoms. The minimum Gasteiger partial charge on any atom is -0.320 e. The van der Waals surface area contributed by atoms with Gasteiger partial charge in [0.1, 0.15) is 5.82 Å². The van der Waals surface area contributed by atoms with Gasteiger partial charge in [-0.1, -0.05) is 37.1 Å². The van der Waals surface area contributed by atoms with Crippen molar-refractivity contribution < 1.29 is 0 Å². The van der Waals surface area contributed by atoms with Crippen LogP contribution in [-0.2, 0) is 0 Å². The van der Waals surface area contributed by atoms with Crippen LogP contribution in [0.15, 0.2) is 40.7 Å². The number of nitrogens with one attached hydrogen (secondary N) is 1. The number of benzene rings is 1. The van der Waals surface area contributed by atoms with Crippen LogP contribution in [0.25, 0.3) is 16.6 Å². The third-order valence-corrected chi connectivity index (χ3v) is 5.27. The second kappa shape index (κ2) is 7.14.